The number of ketones is 1. The van der Waals surface area contributed by atoms with E-state index in [0.29, 0.717) is 0 Å². The van der Waals surface area contributed by atoms with Crippen LogP contribution in [0.4, 0.5) is 8.78 Å². The van der Waals surface area contributed by atoms with Gasteiger partial charge in [-0.3, -0.25) is 4.79 Å². The molecule has 0 fully saturated rings. The van der Waals surface area contributed by atoms with Crippen LogP contribution in [0.2, 0.25) is 5.15 Å². The molecule has 6 heteroatoms. The second-order valence-electron chi connectivity index (χ2n) is 3.86. The van der Waals surface area contributed by atoms with Gasteiger partial charge < -0.3 is 0 Å². The standard InChI is InChI=1S/C14H7ClF2N2O/c1-2-11(20)14(10-6-7-12(15)19-18-10)13-8(16)4-3-5-9(13)17/h1,3-7,14H. The van der Waals surface area contributed by atoms with Gasteiger partial charge in [-0.05, 0) is 30.2 Å². The molecule has 1 aromatic heterocycles. The fourth-order valence-corrected chi connectivity index (χ4v) is 1.86. The van der Waals surface area contributed by atoms with E-state index in [2.05, 4.69) is 10.2 Å². The Morgan fingerprint density at radius 2 is 1.85 bits per heavy atom. The zero-order valence-corrected chi connectivity index (χ0v) is 10.7. The number of nitrogens with zero attached hydrogens (tertiary/aromatic N) is 2. The summed E-state index contributed by atoms with van der Waals surface area (Å²) >= 11 is 5.59. The minimum atomic E-state index is -1.36. The van der Waals surface area contributed by atoms with Gasteiger partial charge in [0.25, 0.3) is 0 Å². The van der Waals surface area contributed by atoms with Crippen LogP contribution in [0.5, 0.6) is 0 Å². The third kappa shape index (κ3) is 2.65. The van der Waals surface area contributed by atoms with Crippen molar-refractivity contribution in [1.29, 1.82) is 0 Å². The largest absolute Gasteiger partial charge is 0.284 e. The van der Waals surface area contributed by atoms with Gasteiger partial charge in [0.1, 0.15) is 17.6 Å². The lowest BCUT2D eigenvalue weighted by atomic mass is 9.90. The van der Waals surface area contributed by atoms with E-state index in [1.807, 2.05) is 5.92 Å². The zero-order chi connectivity index (χ0) is 14.7. The van der Waals surface area contributed by atoms with E-state index in [1.54, 1.807) is 0 Å². The lowest BCUT2D eigenvalue weighted by Gasteiger charge is -2.14. The van der Waals surface area contributed by atoms with E-state index in [1.165, 1.54) is 18.2 Å². The van der Waals surface area contributed by atoms with Crippen molar-refractivity contribution in [3.8, 4) is 12.3 Å². The van der Waals surface area contributed by atoms with Crippen molar-refractivity contribution in [2.75, 3.05) is 0 Å². The van der Waals surface area contributed by atoms with Gasteiger partial charge in [0.15, 0.2) is 5.15 Å². The Kier molecular flexibility index (Phi) is 4.06. The van der Waals surface area contributed by atoms with Crippen molar-refractivity contribution >= 4 is 17.4 Å². The number of hydrogen-bond donors (Lipinski definition) is 0. The molecule has 0 amide bonds. The Hall–Kier alpha value is -2.32. The number of hydrogen-bond acceptors (Lipinski definition) is 3. The summed E-state index contributed by atoms with van der Waals surface area (Å²) in [6.45, 7) is 0. The van der Waals surface area contributed by atoms with Gasteiger partial charge in [-0.2, -0.15) is 5.10 Å². The highest BCUT2D eigenvalue weighted by Crippen LogP contribution is 2.28. The normalized spacial score (nSPS) is 11.7. The summed E-state index contributed by atoms with van der Waals surface area (Å²) in [4.78, 5) is 11.8. The summed E-state index contributed by atoms with van der Waals surface area (Å²) in [5.74, 6) is -2.07. The van der Waals surface area contributed by atoms with Crippen LogP contribution in [0.25, 0.3) is 0 Å². The van der Waals surface area contributed by atoms with E-state index < -0.39 is 28.9 Å². The van der Waals surface area contributed by atoms with Crippen molar-refractivity contribution in [3.63, 3.8) is 0 Å². The first-order valence-electron chi connectivity index (χ1n) is 5.48. The van der Waals surface area contributed by atoms with Gasteiger partial charge in [0.05, 0.1) is 5.69 Å². The van der Waals surface area contributed by atoms with Crippen LogP contribution < -0.4 is 0 Å². The first-order valence-corrected chi connectivity index (χ1v) is 5.86. The van der Waals surface area contributed by atoms with Gasteiger partial charge in [0, 0.05) is 5.56 Å². The molecule has 100 valence electrons. The van der Waals surface area contributed by atoms with Gasteiger partial charge in [-0.25, -0.2) is 8.78 Å². The average molecular weight is 293 g/mol. The molecule has 0 aliphatic rings. The molecule has 1 unspecified atom stereocenters. The quantitative estimate of drug-likeness (QED) is 0.645. The molecule has 3 nitrogen and oxygen atoms in total. The molecule has 0 aliphatic carbocycles. The number of halogens is 3. The lowest BCUT2D eigenvalue weighted by Crippen LogP contribution is -2.17. The van der Waals surface area contributed by atoms with Crippen LogP contribution in [0.3, 0.4) is 0 Å². The summed E-state index contributed by atoms with van der Waals surface area (Å²) in [7, 11) is 0. The number of Topliss-reactive ketones (excluding diaryl/α,β-unsaturated/α-hetero) is 1. The second kappa shape index (κ2) is 5.76. The number of carbonyl (C=O) groups is 1. The summed E-state index contributed by atoms with van der Waals surface area (Å²) in [6, 6.07) is 5.98. The van der Waals surface area contributed by atoms with Crippen LogP contribution >= 0.6 is 11.6 Å². The molecule has 0 N–H and O–H groups in total. The van der Waals surface area contributed by atoms with E-state index in [9.17, 15) is 13.6 Å². The smallest absolute Gasteiger partial charge is 0.218 e. The van der Waals surface area contributed by atoms with Crippen molar-refractivity contribution in [1.82, 2.24) is 10.2 Å². The second-order valence-corrected chi connectivity index (χ2v) is 4.25. The fraction of sp³-hybridized carbons (Fsp3) is 0.0714. The summed E-state index contributed by atoms with van der Waals surface area (Å²) in [5, 5.41) is 7.32. The van der Waals surface area contributed by atoms with Crippen LogP contribution in [0, 0.1) is 24.0 Å². The monoisotopic (exact) mass is 292 g/mol. The van der Waals surface area contributed by atoms with Gasteiger partial charge in [-0.1, -0.05) is 17.7 Å². The predicted octanol–water partition coefficient (Wildman–Crippen LogP) is 2.74. The highest BCUT2D eigenvalue weighted by atomic mass is 35.5. The summed E-state index contributed by atoms with van der Waals surface area (Å²) in [6.07, 6.45) is 5.06. The number of rotatable bonds is 3. The number of benzene rings is 1. The van der Waals surface area contributed by atoms with E-state index in [4.69, 9.17) is 18.0 Å². The Balaban J connectivity index is 2.63. The Morgan fingerprint density at radius 3 is 2.35 bits per heavy atom. The molecular weight excluding hydrogens is 286 g/mol. The van der Waals surface area contributed by atoms with Gasteiger partial charge in [0.2, 0.25) is 5.78 Å². The Bertz CT molecular complexity index is 675. The van der Waals surface area contributed by atoms with Crippen molar-refractivity contribution in [2.24, 2.45) is 0 Å². The lowest BCUT2D eigenvalue weighted by molar-refractivity contribution is -0.114. The van der Waals surface area contributed by atoms with Crippen LogP contribution in [0.1, 0.15) is 17.2 Å². The van der Waals surface area contributed by atoms with Gasteiger partial charge in [-0.15, -0.1) is 11.5 Å². The molecule has 2 aromatic rings. The zero-order valence-electron chi connectivity index (χ0n) is 9.98. The summed E-state index contributed by atoms with van der Waals surface area (Å²) in [5.41, 5.74) is -0.423. The van der Waals surface area contributed by atoms with Crippen LogP contribution in [-0.4, -0.2) is 16.0 Å². The molecule has 1 aromatic carbocycles. The first-order chi connectivity index (χ1) is 9.54. The maximum absolute atomic E-state index is 13.8. The highest BCUT2D eigenvalue weighted by molar-refractivity contribution is 6.29. The van der Waals surface area contributed by atoms with Crippen molar-refractivity contribution in [2.45, 2.75) is 5.92 Å². The topological polar surface area (TPSA) is 42.9 Å². The molecule has 0 bridgehead atoms. The Labute approximate surface area is 118 Å². The third-order valence-electron chi connectivity index (χ3n) is 2.64. The van der Waals surface area contributed by atoms with Crippen molar-refractivity contribution in [3.05, 3.63) is 58.4 Å². The fourth-order valence-electron chi connectivity index (χ4n) is 1.76. The minimum Gasteiger partial charge on any atom is -0.284 e. The molecule has 20 heavy (non-hydrogen) atoms. The minimum absolute atomic E-state index is 0.0290. The SMILES string of the molecule is C#CC(=O)C(c1ccc(Cl)nn1)c1c(F)cccc1F. The molecule has 1 heterocycles. The molecule has 0 radical (unpaired) electrons. The van der Waals surface area contributed by atoms with E-state index in [-0.39, 0.29) is 10.8 Å². The molecule has 0 aliphatic heterocycles. The van der Waals surface area contributed by atoms with Gasteiger partial charge >= 0.3 is 0 Å². The number of aromatic nitrogens is 2. The molecule has 0 saturated heterocycles. The number of terminal acetylenes is 1. The maximum Gasteiger partial charge on any atom is 0.218 e. The predicted molar refractivity (Wildman–Crippen MR) is 69.1 cm³/mol. The molecule has 2 rings (SSSR count). The van der Waals surface area contributed by atoms with Crippen LogP contribution in [0.15, 0.2) is 30.3 Å². The average Bonchev–Trinajstić information content (AvgIpc) is 2.44. The maximum atomic E-state index is 13.8. The highest BCUT2D eigenvalue weighted by Gasteiger charge is 2.29. The van der Waals surface area contributed by atoms with E-state index in [0.717, 1.165) is 12.1 Å². The molecular formula is C14H7ClF2N2O. The molecule has 0 spiro atoms. The molecule has 1 atom stereocenters. The van der Waals surface area contributed by atoms with Crippen LogP contribution in [-0.2, 0) is 4.79 Å². The summed E-state index contributed by atoms with van der Waals surface area (Å²) < 4.78 is 27.7. The molecule has 0 saturated carbocycles. The number of carbonyl (C=O) groups excluding carboxylic acids is 1. The van der Waals surface area contributed by atoms with E-state index >= 15 is 0 Å². The van der Waals surface area contributed by atoms with Crippen molar-refractivity contribution < 1.29 is 13.6 Å². The Morgan fingerprint density at radius 1 is 1.20 bits per heavy atom. The first kappa shape index (κ1) is 14.1. The third-order valence-corrected chi connectivity index (χ3v) is 2.84.